The van der Waals surface area contributed by atoms with Crippen molar-refractivity contribution >= 4 is 23.2 Å². The van der Waals surface area contributed by atoms with E-state index >= 15 is 0 Å². The maximum absolute atomic E-state index is 11.9. The van der Waals surface area contributed by atoms with Crippen LogP contribution < -0.4 is 5.32 Å². The molecule has 1 unspecified atom stereocenters. The molecule has 0 aliphatic carbocycles. The molecule has 0 heterocycles. The van der Waals surface area contributed by atoms with Gasteiger partial charge in [0.25, 0.3) is 11.6 Å². The van der Waals surface area contributed by atoms with Gasteiger partial charge in [0, 0.05) is 12.1 Å². The molecule has 0 saturated heterocycles. The van der Waals surface area contributed by atoms with Crippen LogP contribution in [0.3, 0.4) is 0 Å². The summed E-state index contributed by atoms with van der Waals surface area (Å²) < 4.78 is 0. The summed E-state index contributed by atoms with van der Waals surface area (Å²) in [4.78, 5) is 21.9. The lowest BCUT2D eigenvalue weighted by Gasteiger charge is -2.11. The van der Waals surface area contributed by atoms with Crippen molar-refractivity contribution in [3.05, 3.63) is 38.9 Å². The Hall–Kier alpha value is -2.06. The summed E-state index contributed by atoms with van der Waals surface area (Å²) in [6.07, 6.45) is 5.78. The average Bonchev–Trinajstić information content (AvgIpc) is 2.35. The van der Waals surface area contributed by atoms with E-state index in [2.05, 4.69) is 11.2 Å². The Bertz CT molecular complexity index is 523. The SMILES string of the molecule is C#CC(CC)NC(=O)c1cc([N+](=O)[O-])ccc1Cl. The highest BCUT2D eigenvalue weighted by molar-refractivity contribution is 6.34. The van der Waals surface area contributed by atoms with Gasteiger partial charge in [0.2, 0.25) is 0 Å². The lowest BCUT2D eigenvalue weighted by Crippen LogP contribution is -2.33. The van der Waals surface area contributed by atoms with E-state index in [4.69, 9.17) is 18.0 Å². The number of nitrogens with zero attached hydrogens (tertiary/aromatic N) is 1. The number of benzene rings is 1. The molecule has 1 aromatic rings. The number of hydrogen-bond donors (Lipinski definition) is 1. The molecule has 1 atom stereocenters. The summed E-state index contributed by atoms with van der Waals surface area (Å²) in [6.45, 7) is 1.82. The van der Waals surface area contributed by atoms with Crippen molar-refractivity contribution in [2.75, 3.05) is 0 Å². The highest BCUT2D eigenvalue weighted by Gasteiger charge is 2.17. The molecule has 0 fully saturated rings. The molecule has 1 aromatic carbocycles. The van der Waals surface area contributed by atoms with Gasteiger partial charge < -0.3 is 5.32 Å². The van der Waals surface area contributed by atoms with E-state index in [1.165, 1.54) is 12.1 Å². The van der Waals surface area contributed by atoms with Crippen molar-refractivity contribution in [1.29, 1.82) is 0 Å². The van der Waals surface area contributed by atoms with Gasteiger partial charge in [-0.15, -0.1) is 6.42 Å². The number of hydrogen-bond acceptors (Lipinski definition) is 3. The molecule has 0 spiro atoms. The normalized spacial score (nSPS) is 11.4. The molecule has 0 aromatic heterocycles. The second-order valence-corrected chi connectivity index (χ2v) is 3.93. The Balaban J connectivity index is 3.02. The Kier molecular flexibility index (Phi) is 4.69. The molecular formula is C12H11ClN2O3. The second kappa shape index (κ2) is 6.03. The third-order valence-electron chi connectivity index (χ3n) is 2.32. The number of terminal acetylenes is 1. The van der Waals surface area contributed by atoms with Crippen molar-refractivity contribution in [3.63, 3.8) is 0 Å². The molecule has 0 aliphatic rings. The topological polar surface area (TPSA) is 72.2 Å². The summed E-state index contributed by atoms with van der Waals surface area (Å²) in [5, 5.41) is 13.3. The number of non-ortho nitro benzene ring substituents is 1. The van der Waals surface area contributed by atoms with Crippen molar-refractivity contribution in [2.45, 2.75) is 19.4 Å². The first-order valence-corrected chi connectivity index (χ1v) is 5.58. The van der Waals surface area contributed by atoms with Gasteiger partial charge in [-0.05, 0) is 12.5 Å². The maximum Gasteiger partial charge on any atom is 0.270 e. The molecule has 0 saturated carbocycles. The highest BCUT2D eigenvalue weighted by atomic mass is 35.5. The van der Waals surface area contributed by atoms with E-state index in [1.807, 2.05) is 6.92 Å². The molecule has 0 aliphatic heterocycles. The average molecular weight is 267 g/mol. The third kappa shape index (κ3) is 3.22. The van der Waals surface area contributed by atoms with Crippen LogP contribution in [0.2, 0.25) is 5.02 Å². The number of carbonyl (C=O) groups is 1. The molecular weight excluding hydrogens is 256 g/mol. The number of halogens is 1. The first kappa shape index (κ1) is 14.0. The molecule has 94 valence electrons. The fourth-order valence-corrected chi connectivity index (χ4v) is 1.50. The van der Waals surface area contributed by atoms with Crippen LogP contribution in [0.4, 0.5) is 5.69 Å². The number of nitrogens with one attached hydrogen (secondary N) is 1. The van der Waals surface area contributed by atoms with Gasteiger partial charge in [-0.2, -0.15) is 0 Å². The van der Waals surface area contributed by atoms with E-state index < -0.39 is 16.9 Å². The van der Waals surface area contributed by atoms with Crippen LogP contribution in [0.25, 0.3) is 0 Å². The van der Waals surface area contributed by atoms with E-state index in [0.717, 1.165) is 6.07 Å². The van der Waals surface area contributed by atoms with Gasteiger partial charge in [-0.25, -0.2) is 0 Å². The first-order valence-electron chi connectivity index (χ1n) is 5.20. The molecule has 18 heavy (non-hydrogen) atoms. The Morgan fingerprint density at radius 1 is 1.67 bits per heavy atom. The van der Waals surface area contributed by atoms with Gasteiger partial charge in [0.15, 0.2) is 0 Å². The number of nitro groups is 1. The standard InChI is InChI=1S/C12H11ClN2O3/c1-3-8(4-2)14-12(16)10-7-9(15(17)18)5-6-11(10)13/h1,5-8H,4H2,2H3,(H,14,16). The maximum atomic E-state index is 11.9. The highest BCUT2D eigenvalue weighted by Crippen LogP contribution is 2.22. The minimum Gasteiger partial charge on any atom is -0.338 e. The monoisotopic (exact) mass is 266 g/mol. The fraction of sp³-hybridized carbons (Fsp3) is 0.250. The zero-order valence-electron chi connectivity index (χ0n) is 9.64. The zero-order chi connectivity index (χ0) is 13.7. The zero-order valence-corrected chi connectivity index (χ0v) is 10.4. The van der Waals surface area contributed by atoms with Crippen LogP contribution in [0.5, 0.6) is 0 Å². The van der Waals surface area contributed by atoms with E-state index in [9.17, 15) is 14.9 Å². The van der Waals surface area contributed by atoms with Gasteiger partial charge in [-0.3, -0.25) is 14.9 Å². The molecule has 5 nitrogen and oxygen atoms in total. The van der Waals surface area contributed by atoms with Crippen molar-refractivity contribution in [3.8, 4) is 12.3 Å². The van der Waals surface area contributed by atoms with Crippen molar-refractivity contribution < 1.29 is 9.72 Å². The summed E-state index contributed by atoms with van der Waals surface area (Å²) in [5.41, 5.74) is -0.155. The molecule has 0 bridgehead atoms. The quantitative estimate of drug-likeness (QED) is 0.517. The van der Waals surface area contributed by atoms with Gasteiger partial charge in [0.1, 0.15) is 0 Å². The van der Waals surface area contributed by atoms with Gasteiger partial charge in [0.05, 0.1) is 21.6 Å². The molecule has 1 N–H and O–H groups in total. The van der Waals surface area contributed by atoms with E-state index in [0.29, 0.717) is 6.42 Å². The van der Waals surface area contributed by atoms with Crippen LogP contribution in [0.15, 0.2) is 18.2 Å². The smallest absolute Gasteiger partial charge is 0.270 e. The summed E-state index contributed by atoms with van der Waals surface area (Å²) >= 11 is 5.83. The molecule has 0 radical (unpaired) electrons. The number of rotatable bonds is 4. The fourth-order valence-electron chi connectivity index (χ4n) is 1.30. The van der Waals surface area contributed by atoms with Crippen LogP contribution in [-0.4, -0.2) is 16.9 Å². The minimum absolute atomic E-state index is 0.0413. The minimum atomic E-state index is -0.592. The Labute approximate surface area is 109 Å². The number of nitro benzene ring substituents is 1. The number of amides is 1. The van der Waals surface area contributed by atoms with Crippen molar-refractivity contribution in [2.24, 2.45) is 0 Å². The summed E-state index contributed by atoms with van der Waals surface area (Å²) in [7, 11) is 0. The van der Waals surface area contributed by atoms with Crippen LogP contribution >= 0.6 is 11.6 Å². The predicted octanol–water partition coefficient (Wildman–Crippen LogP) is 2.39. The van der Waals surface area contributed by atoms with Crippen molar-refractivity contribution in [1.82, 2.24) is 5.32 Å². The summed E-state index contributed by atoms with van der Waals surface area (Å²) in [5.74, 6) is 1.88. The van der Waals surface area contributed by atoms with E-state index in [-0.39, 0.29) is 16.3 Å². The lowest BCUT2D eigenvalue weighted by molar-refractivity contribution is -0.384. The predicted molar refractivity (Wildman–Crippen MR) is 68.5 cm³/mol. The van der Waals surface area contributed by atoms with Crippen LogP contribution in [0, 0.1) is 22.5 Å². The van der Waals surface area contributed by atoms with Gasteiger partial charge in [-0.1, -0.05) is 24.4 Å². The Morgan fingerprint density at radius 3 is 2.83 bits per heavy atom. The number of carbonyl (C=O) groups excluding carboxylic acids is 1. The van der Waals surface area contributed by atoms with Crippen LogP contribution in [-0.2, 0) is 0 Å². The van der Waals surface area contributed by atoms with Gasteiger partial charge >= 0.3 is 0 Å². The van der Waals surface area contributed by atoms with E-state index in [1.54, 1.807) is 0 Å². The third-order valence-corrected chi connectivity index (χ3v) is 2.65. The largest absolute Gasteiger partial charge is 0.338 e. The van der Waals surface area contributed by atoms with Crippen LogP contribution in [0.1, 0.15) is 23.7 Å². The summed E-state index contributed by atoms with van der Waals surface area (Å²) in [6, 6.07) is 3.25. The first-order chi connectivity index (χ1) is 8.49. The molecule has 1 amide bonds. The second-order valence-electron chi connectivity index (χ2n) is 3.52. The Morgan fingerprint density at radius 2 is 2.33 bits per heavy atom. The lowest BCUT2D eigenvalue weighted by atomic mass is 10.1. The molecule has 6 heteroatoms. The molecule has 1 rings (SSSR count).